The van der Waals surface area contributed by atoms with Gasteiger partial charge in [-0.3, -0.25) is 14.6 Å². The van der Waals surface area contributed by atoms with Crippen molar-refractivity contribution in [3.63, 3.8) is 0 Å². The number of nitrogens with one attached hydrogen (secondary N) is 1. The van der Waals surface area contributed by atoms with E-state index in [2.05, 4.69) is 16.9 Å². The summed E-state index contributed by atoms with van der Waals surface area (Å²) in [6.07, 6.45) is 5.84. The molecule has 19 heavy (non-hydrogen) atoms. The number of amides is 1. The van der Waals surface area contributed by atoms with Crippen molar-refractivity contribution in [3.8, 4) is 0 Å². The van der Waals surface area contributed by atoms with E-state index in [0.717, 1.165) is 5.57 Å². The van der Waals surface area contributed by atoms with Crippen molar-refractivity contribution in [2.24, 2.45) is 10.9 Å². The summed E-state index contributed by atoms with van der Waals surface area (Å²) >= 11 is 6.00. The van der Waals surface area contributed by atoms with Gasteiger partial charge in [-0.2, -0.15) is 0 Å². The Balaban J connectivity index is 2.35. The summed E-state index contributed by atoms with van der Waals surface area (Å²) in [5.41, 5.74) is 0.776. The molecule has 1 saturated carbocycles. The van der Waals surface area contributed by atoms with Gasteiger partial charge in [-0.1, -0.05) is 12.7 Å². The van der Waals surface area contributed by atoms with E-state index in [-0.39, 0.29) is 30.6 Å². The first kappa shape index (κ1) is 15.6. The van der Waals surface area contributed by atoms with Crippen LogP contribution in [0.15, 0.2) is 29.3 Å². The van der Waals surface area contributed by atoms with Gasteiger partial charge in [0.1, 0.15) is 0 Å². The third-order valence-corrected chi connectivity index (χ3v) is 3.46. The van der Waals surface area contributed by atoms with Gasteiger partial charge in [-0.25, -0.2) is 0 Å². The van der Waals surface area contributed by atoms with Crippen LogP contribution in [0.25, 0.3) is 0 Å². The lowest BCUT2D eigenvalue weighted by atomic mass is 10.1. The number of carbonyl (C=O) groups excluding carboxylic acids is 2. The van der Waals surface area contributed by atoms with Crippen LogP contribution in [0.3, 0.4) is 0 Å². The number of allylic oxidation sites excluding steroid dienone is 3. The third-order valence-electron chi connectivity index (χ3n) is 3.05. The zero-order valence-corrected chi connectivity index (χ0v) is 12.0. The molecule has 0 radical (unpaired) electrons. The predicted octanol–water partition coefficient (Wildman–Crippen LogP) is 1.89. The van der Waals surface area contributed by atoms with E-state index in [4.69, 9.17) is 11.6 Å². The monoisotopic (exact) mass is 282 g/mol. The van der Waals surface area contributed by atoms with Gasteiger partial charge in [0.25, 0.3) is 0 Å². The van der Waals surface area contributed by atoms with Gasteiger partial charge in [0.15, 0.2) is 5.78 Å². The molecular weight excluding hydrogens is 264 g/mol. The van der Waals surface area contributed by atoms with Gasteiger partial charge >= 0.3 is 0 Å². The fourth-order valence-electron chi connectivity index (χ4n) is 1.67. The largest absolute Gasteiger partial charge is 0.349 e. The summed E-state index contributed by atoms with van der Waals surface area (Å²) < 4.78 is 0. The first-order valence-corrected chi connectivity index (χ1v) is 6.50. The van der Waals surface area contributed by atoms with Crippen LogP contribution >= 0.6 is 11.6 Å². The van der Waals surface area contributed by atoms with Crippen LogP contribution in [-0.2, 0) is 9.59 Å². The van der Waals surface area contributed by atoms with Crippen molar-refractivity contribution in [3.05, 3.63) is 24.3 Å². The van der Waals surface area contributed by atoms with E-state index in [1.54, 1.807) is 25.4 Å². The molecule has 1 rings (SSSR count). The number of rotatable bonds is 7. The molecule has 0 spiro atoms. The summed E-state index contributed by atoms with van der Waals surface area (Å²) in [5, 5.41) is 2.62. The molecule has 0 aromatic heterocycles. The first-order valence-electron chi connectivity index (χ1n) is 6.12. The maximum atomic E-state index is 11.7. The molecule has 104 valence electrons. The van der Waals surface area contributed by atoms with Crippen molar-refractivity contribution < 1.29 is 9.59 Å². The highest BCUT2D eigenvalue weighted by atomic mass is 35.5. The van der Waals surface area contributed by atoms with E-state index < -0.39 is 4.87 Å². The molecule has 5 heteroatoms. The van der Waals surface area contributed by atoms with Crippen molar-refractivity contribution >= 4 is 29.5 Å². The van der Waals surface area contributed by atoms with E-state index in [9.17, 15) is 9.59 Å². The third kappa shape index (κ3) is 4.99. The number of ketones is 1. The molecular formula is C14H19ClN2O2. The number of aliphatic imine (C=N–C) groups is 1. The van der Waals surface area contributed by atoms with E-state index in [1.165, 1.54) is 0 Å². The SMILES string of the molecule is C=C/C(=C\C=NC)CC(=O)CNC(=O)C1CC1(C)Cl. The Morgan fingerprint density at radius 2 is 2.21 bits per heavy atom. The molecule has 1 N–H and O–H groups in total. The second kappa shape index (κ2) is 6.66. The average molecular weight is 283 g/mol. The van der Waals surface area contributed by atoms with Crippen LogP contribution in [0.5, 0.6) is 0 Å². The molecule has 0 aromatic rings. The Hall–Kier alpha value is -1.42. The number of halogens is 1. The lowest BCUT2D eigenvalue weighted by Gasteiger charge is -2.05. The quantitative estimate of drug-likeness (QED) is 0.440. The Kier molecular flexibility index (Phi) is 5.48. The summed E-state index contributed by atoms with van der Waals surface area (Å²) in [4.78, 5) is 26.7. The molecule has 0 bridgehead atoms. The van der Waals surface area contributed by atoms with Crippen LogP contribution < -0.4 is 5.32 Å². The van der Waals surface area contributed by atoms with Crippen LogP contribution in [0.2, 0.25) is 0 Å². The molecule has 0 aromatic carbocycles. The second-order valence-electron chi connectivity index (χ2n) is 4.82. The molecule has 2 unspecified atom stereocenters. The fraction of sp³-hybridized carbons (Fsp3) is 0.500. The van der Waals surface area contributed by atoms with Crippen molar-refractivity contribution in [1.29, 1.82) is 0 Å². The zero-order chi connectivity index (χ0) is 14.5. The summed E-state index contributed by atoms with van der Waals surface area (Å²) in [6, 6.07) is 0. The van der Waals surface area contributed by atoms with Crippen LogP contribution in [0, 0.1) is 5.92 Å². The van der Waals surface area contributed by atoms with Crippen molar-refractivity contribution in [1.82, 2.24) is 5.32 Å². The van der Waals surface area contributed by atoms with Gasteiger partial charge in [0, 0.05) is 19.7 Å². The minimum atomic E-state index is -0.434. The molecule has 0 heterocycles. The van der Waals surface area contributed by atoms with E-state index >= 15 is 0 Å². The van der Waals surface area contributed by atoms with Crippen LogP contribution in [-0.4, -0.2) is 36.4 Å². The standard InChI is InChI=1S/C14H19ClN2O2/c1-4-10(5-6-16-3)7-11(18)9-17-13(19)12-8-14(12,2)15/h4-6,12H,1,7-9H2,2-3H3,(H,17,19)/b10-5+,16-6?. The van der Waals surface area contributed by atoms with Crippen molar-refractivity contribution in [2.75, 3.05) is 13.6 Å². The lowest BCUT2D eigenvalue weighted by Crippen LogP contribution is -2.32. The highest BCUT2D eigenvalue weighted by Gasteiger charge is 2.53. The van der Waals surface area contributed by atoms with Crippen LogP contribution in [0.1, 0.15) is 19.8 Å². The normalized spacial score (nSPS) is 26.3. The minimum absolute atomic E-state index is 0.0246. The minimum Gasteiger partial charge on any atom is -0.349 e. The molecule has 1 amide bonds. The molecule has 1 aliphatic carbocycles. The Bertz CT molecular complexity index is 439. The number of hydrogen-bond donors (Lipinski definition) is 1. The van der Waals surface area contributed by atoms with Gasteiger partial charge in [-0.05, 0) is 25.0 Å². The Morgan fingerprint density at radius 3 is 2.68 bits per heavy atom. The topological polar surface area (TPSA) is 58.5 Å². The second-order valence-corrected chi connectivity index (χ2v) is 5.68. The molecule has 0 saturated heterocycles. The van der Waals surface area contributed by atoms with Gasteiger partial charge in [0.2, 0.25) is 5.91 Å². The molecule has 4 nitrogen and oxygen atoms in total. The molecule has 2 atom stereocenters. The molecule has 0 aliphatic heterocycles. The highest BCUT2D eigenvalue weighted by molar-refractivity contribution is 6.28. The van der Waals surface area contributed by atoms with Gasteiger partial charge in [0.05, 0.1) is 17.3 Å². The highest BCUT2D eigenvalue weighted by Crippen LogP contribution is 2.49. The number of nitrogens with zero attached hydrogens (tertiary/aromatic N) is 1. The molecule has 1 fully saturated rings. The number of alkyl halides is 1. The smallest absolute Gasteiger partial charge is 0.225 e. The lowest BCUT2D eigenvalue weighted by molar-refractivity contribution is -0.125. The summed E-state index contributed by atoms with van der Waals surface area (Å²) in [6.45, 7) is 5.48. The Labute approximate surface area is 118 Å². The number of hydrogen-bond acceptors (Lipinski definition) is 3. The van der Waals surface area contributed by atoms with Gasteiger partial charge in [-0.15, -0.1) is 11.6 Å². The average Bonchev–Trinajstić information content (AvgIpc) is 3.00. The van der Waals surface area contributed by atoms with Crippen molar-refractivity contribution in [2.45, 2.75) is 24.6 Å². The maximum absolute atomic E-state index is 11.7. The number of carbonyl (C=O) groups is 2. The Morgan fingerprint density at radius 1 is 1.58 bits per heavy atom. The summed E-state index contributed by atoms with van der Waals surface area (Å²) in [7, 11) is 1.65. The first-order chi connectivity index (χ1) is 8.90. The van der Waals surface area contributed by atoms with Gasteiger partial charge < -0.3 is 5.32 Å². The van der Waals surface area contributed by atoms with Crippen LogP contribution in [0.4, 0.5) is 0 Å². The predicted molar refractivity (Wildman–Crippen MR) is 77.7 cm³/mol. The zero-order valence-electron chi connectivity index (χ0n) is 11.3. The molecule has 1 aliphatic rings. The maximum Gasteiger partial charge on any atom is 0.225 e. The number of Topliss-reactive ketones (excluding diaryl/α,β-unsaturated/α-hetero) is 1. The summed E-state index contributed by atoms with van der Waals surface area (Å²) in [5.74, 6) is -0.394. The fourth-order valence-corrected chi connectivity index (χ4v) is 1.93. The van der Waals surface area contributed by atoms with E-state index in [1.807, 2.05) is 6.92 Å². The van der Waals surface area contributed by atoms with E-state index in [0.29, 0.717) is 6.42 Å².